The molecule has 0 spiro atoms. The van der Waals surface area contributed by atoms with Crippen LogP contribution >= 0.6 is 0 Å². The summed E-state index contributed by atoms with van der Waals surface area (Å²) in [5, 5.41) is 10.5. The maximum absolute atomic E-state index is 10.5. The van der Waals surface area contributed by atoms with Crippen molar-refractivity contribution in [2.24, 2.45) is 0 Å². The zero-order valence-electron chi connectivity index (χ0n) is 15.0. The molecule has 2 aromatic rings. The number of aryl methyl sites for hydroxylation is 1. The predicted octanol–water partition coefficient (Wildman–Crippen LogP) is 3.40. The molecule has 1 N–H and O–H groups in total. The first-order valence-corrected chi connectivity index (χ1v) is 8.99. The van der Waals surface area contributed by atoms with Gasteiger partial charge >= 0.3 is 0 Å². The van der Waals surface area contributed by atoms with Crippen molar-refractivity contribution in [2.75, 3.05) is 18.6 Å². The van der Waals surface area contributed by atoms with Crippen molar-refractivity contribution in [1.82, 2.24) is 9.97 Å². The zero-order chi connectivity index (χ0) is 17.6. The highest BCUT2D eigenvalue weighted by Gasteiger charge is 2.26. The van der Waals surface area contributed by atoms with Crippen LogP contribution in [0.1, 0.15) is 55.5 Å². The average Bonchev–Trinajstić information content (AvgIpc) is 3.02. The third-order valence-electron chi connectivity index (χ3n) is 4.70. The quantitative estimate of drug-likeness (QED) is 0.865. The molecule has 3 rings (SSSR count). The minimum atomic E-state index is -0.595. The number of aliphatic hydroxyl groups is 1. The Morgan fingerprint density at radius 3 is 3.00 bits per heavy atom. The number of hydrogen-bond donors (Lipinski definition) is 1. The van der Waals surface area contributed by atoms with Crippen LogP contribution < -0.4 is 4.90 Å². The summed E-state index contributed by atoms with van der Waals surface area (Å²) in [6.45, 7) is 3.33. The van der Waals surface area contributed by atoms with Crippen molar-refractivity contribution in [2.45, 2.75) is 57.8 Å². The van der Waals surface area contributed by atoms with Crippen molar-refractivity contribution < 1.29 is 14.3 Å². The molecule has 0 bridgehead atoms. The summed E-state index contributed by atoms with van der Waals surface area (Å²) >= 11 is 0. The second kappa shape index (κ2) is 8.45. The van der Waals surface area contributed by atoms with Crippen LogP contribution in [0, 0.1) is 6.92 Å². The van der Waals surface area contributed by atoms with E-state index >= 15 is 0 Å². The van der Waals surface area contributed by atoms with Gasteiger partial charge in [0.1, 0.15) is 24.3 Å². The van der Waals surface area contributed by atoms with Gasteiger partial charge in [0.05, 0.1) is 6.26 Å². The molecule has 0 aromatic carbocycles. The summed E-state index contributed by atoms with van der Waals surface area (Å²) in [5.74, 6) is 2.26. The van der Waals surface area contributed by atoms with Crippen molar-refractivity contribution in [1.29, 1.82) is 0 Å². The van der Waals surface area contributed by atoms with E-state index in [1.165, 1.54) is 12.8 Å². The number of aromatic nitrogens is 2. The lowest BCUT2D eigenvalue weighted by Crippen LogP contribution is -2.37. The van der Waals surface area contributed by atoms with Crippen LogP contribution in [-0.4, -0.2) is 34.8 Å². The topological polar surface area (TPSA) is 71.6 Å². The highest BCUT2D eigenvalue weighted by atomic mass is 16.5. The van der Waals surface area contributed by atoms with E-state index in [-0.39, 0.29) is 6.04 Å². The van der Waals surface area contributed by atoms with Crippen molar-refractivity contribution in [3.8, 4) is 0 Å². The molecule has 0 unspecified atom stereocenters. The Morgan fingerprint density at radius 1 is 1.36 bits per heavy atom. The molecule has 136 valence electrons. The summed E-state index contributed by atoms with van der Waals surface area (Å²) in [6, 6.07) is 5.90. The molecule has 0 saturated carbocycles. The summed E-state index contributed by atoms with van der Waals surface area (Å²) < 4.78 is 10.6. The van der Waals surface area contributed by atoms with Crippen LogP contribution in [0.5, 0.6) is 0 Å². The molecule has 1 aliphatic heterocycles. The van der Waals surface area contributed by atoms with Crippen molar-refractivity contribution >= 4 is 5.82 Å². The molecule has 2 aromatic heterocycles. The van der Waals surface area contributed by atoms with Crippen LogP contribution in [-0.2, 0) is 11.3 Å². The van der Waals surface area contributed by atoms with Gasteiger partial charge in [-0.2, -0.15) is 0 Å². The molecule has 6 heteroatoms. The van der Waals surface area contributed by atoms with Crippen LogP contribution in [0.25, 0.3) is 0 Å². The fourth-order valence-electron chi connectivity index (χ4n) is 3.53. The third-order valence-corrected chi connectivity index (χ3v) is 4.70. The first-order valence-electron chi connectivity index (χ1n) is 8.99. The molecule has 1 saturated heterocycles. The van der Waals surface area contributed by atoms with E-state index in [1.807, 2.05) is 25.1 Å². The number of rotatable bonds is 6. The van der Waals surface area contributed by atoms with E-state index in [1.54, 1.807) is 13.4 Å². The lowest BCUT2D eigenvalue weighted by Gasteiger charge is -2.32. The van der Waals surface area contributed by atoms with E-state index in [2.05, 4.69) is 9.88 Å². The summed E-state index contributed by atoms with van der Waals surface area (Å²) in [5.41, 5.74) is 0.937. The van der Waals surface area contributed by atoms with Gasteiger partial charge in [-0.15, -0.1) is 0 Å². The number of aliphatic hydroxyl groups excluding tert-OH is 1. The Balaban J connectivity index is 1.82. The monoisotopic (exact) mass is 345 g/mol. The molecule has 0 aliphatic carbocycles. The molecule has 1 fully saturated rings. The molecular weight excluding hydrogens is 318 g/mol. The lowest BCUT2D eigenvalue weighted by molar-refractivity contribution is 0.129. The molecule has 6 nitrogen and oxygen atoms in total. The number of hydrogen-bond acceptors (Lipinski definition) is 6. The minimum Gasteiger partial charge on any atom is -0.467 e. The van der Waals surface area contributed by atoms with Gasteiger partial charge in [-0.25, -0.2) is 9.97 Å². The Bertz CT molecular complexity index is 660. The van der Waals surface area contributed by atoms with Crippen molar-refractivity contribution in [3.63, 3.8) is 0 Å². The van der Waals surface area contributed by atoms with E-state index < -0.39 is 6.10 Å². The summed E-state index contributed by atoms with van der Waals surface area (Å²) in [7, 11) is 1.65. The van der Waals surface area contributed by atoms with E-state index in [4.69, 9.17) is 14.1 Å². The normalized spacial score (nSPS) is 19.6. The first-order chi connectivity index (χ1) is 12.2. The minimum absolute atomic E-state index is 0.229. The fraction of sp³-hybridized carbons (Fsp3) is 0.579. The third kappa shape index (κ3) is 4.58. The van der Waals surface area contributed by atoms with Crippen LogP contribution in [0.15, 0.2) is 28.9 Å². The lowest BCUT2D eigenvalue weighted by atomic mass is 10.0. The fourth-order valence-corrected chi connectivity index (χ4v) is 3.53. The van der Waals surface area contributed by atoms with Crippen LogP contribution in [0.3, 0.4) is 0 Å². The van der Waals surface area contributed by atoms with Gasteiger partial charge in [-0.1, -0.05) is 12.8 Å². The molecular formula is C19H27N3O3. The molecule has 1 aliphatic rings. The molecule has 3 heterocycles. The SMILES string of the molecule is COCc1nc(C)cc(N2CCCCC[C@H]2C[C@H](O)c2ccco2)n1. The number of anilines is 1. The first kappa shape index (κ1) is 17.9. The molecule has 2 atom stereocenters. The molecule has 25 heavy (non-hydrogen) atoms. The van der Waals surface area contributed by atoms with Gasteiger partial charge in [0.2, 0.25) is 0 Å². The highest BCUT2D eigenvalue weighted by molar-refractivity contribution is 5.41. The van der Waals surface area contributed by atoms with E-state index in [0.29, 0.717) is 24.6 Å². The Kier molecular flexibility index (Phi) is 6.04. The Hall–Kier alpha value is -1.92. The second-order valence-electron chi connectivity index (χ2n) is 6.68. The summed E-state index contributed by atoms with van der Waals surface area (Å²) in [4.78, 5) is 11.5. The number of methoxy groups -OCH3 is 1. The van der Waals surface area contributed by atoms with Gasteiger partial charge in [-0.3, -0.25) is 0 Å². The Labute approximate surface area is 148 Å². The Morgan fingerprint density at radius 2 is 2.24 bits per heavy atom. The second-order valence-corrected chi connectivity index (χ2v) is 6.68. The van der Waals surface area contributed by atoms with Gasteiger partial charge in [-0.05, 0) is 31.9 Å². The standard InChI is InChI=1S/C19H27N3O3/c1-14-11-19(21-18(20-14)13-24-2)22-9-5-3-4-7-15(22)12-16(23)17-8-6-10-25-17/h6,8,10-11,15-16,23H,3-5,7,9,12-13H2,1-2H3/t15-,16-/m0/s1. The van der Waals surface area contributed by atoms with Gasteiger partial charge in [0, 0.05) is 37.9 Å². The molecule has 0 amide bonds. The van der Waals surface area contributed by atoms with Crippen LogP contribution in [0.4, 0.5) is 5.82 Å². The van der Waals surface area contributed by atoms with E-state index in [9.17, 15) is 5.11 Å². The number of furan rings is 1. The number of ether oxygens (including phenoxy) is 1. The largest absolute Gasteiger partial charge is 0.467 e. The van der Waals surface area contributed by atoms with Gasteiger partial charge < -0.3 is 19.2 Å². The number of nitrogens with zero attached hydrogens (tertiary/aromatic N) is 3. The van der Waals surface area contributed by atoms with Gasteiger partial charge in [0.15, 0.2) is 5.82 Å². The maximum atomic E-state index is 10.5. The summed E-state index contributed by atoms with van der Waals surface area (Å²) in [6.07, 6.45) is 6.20. The van der Waals surface area contributed by atoms with Crippen molar-refractivity contribution in [3.05, 3.63) is 41.7 Å². The zero-order valence-corrected chi connectivity index (χ0v) is 15.0. The average molecular weight is 345 g/mol. The molecule has 0 radical (unpaired) electrons. The van der Waals surface area contributed by atoms with E-state index in [0.717, 1.165) is 30.9 Å². The maximum Gasteiger partial charge on any atom is 0.156 e. The van der Waals surface area contributed by atoms with Crippen LogP contribution in [0.2, 0.25) is 0 Å². The van der Waals surface area contributed by atoms with Gasteiger partial charge in [0.25, 0.3) is 0 Å². The highest BCUT2D eigenvalue weighted by Crippen LogP contribution is 2.29. The predicted molar refractivity (Wildman–Crippen MR) is 95.4 cm³/mol. The smallest absolute Gasteiger partial charge is 0.156 e.